The first-order valence-electron chi connectivity index (χ1n) is 7.54. The maximum Gasteiger partial charge on any atom is 0.144 e. The number of fused-ring (bicyclic) bond motifs is 1. The van der Waals surface area contributed by atoms with Crippen molar-refractivity contribution in [2.45, 2.75) is 6.92 Å². The monoisotopic (exact) mass is 303 g/mol. The topological polar surface area (TPSA) is 53.2 Å². The van der Waals surface area contributed by atoms with Crippen LogP contribution in [-0.2, 0) is 0 Å². The van der Waals surface area contributed by atoms with Crippen molar-refractivity contribution in [3.05, 3.63) is 59.9 Å². The lowest BCUT2D eigenvalue weighted by Crippen LogP contribution is -1.91. The summed E-state index contributed by atoms with van der Waals surface area (Å²) in [6.07, 6.45) is 4.01. The van der Waals surface area contributed by atoms with Gasteiger partial charge in [-0.1, -0.05) is 18.2 Å². The number of benzene rings is 1. The maximum absolute atomic E-state index is 5.53. The summed E-state index contributed by atoms with van der Waals surface area (Å²) in [6, 6.07) is 14.2. The molecule has 3 aromatic rings. The van der Waals surface area contributed by atoms with Gasteiger partial charge in [0.1, 0.15) is 5.75 Å². The standard InChI is InChI=1S/C19H17N3O/c1-12-14(13-6-3-4-7-15(13)21-12)10-18-19(23-2)11-17(22-18)16-8-5-9-20-16/h3-11,20,22H,1-2H3. The SMILES string of the molecule is COc1cc(-c2ccc[nH]2)[nH]c1C=C1C(C)=Nc2ccccc21. The van der Waals surface area contributed by atoms with Crippen molar-refractivity contribution in [3.63, 3.8) is 0 Å². The molecule has 0 saturated carbocycles. The molecule has 0 saturated heterocycles. The van der Waals surface area contributed by atoms with Gasteiger partial charge in [0, 0.05) is 29.1 Å². The number of hydrogen-bond acceptors (Lipinski definition) is 2. The van der Waals surface area contributed by atoms with Gasteiger partial charge in [0.15, 0.2) is 0 Å². The van der Waals surface area contributed by atoms with Crippen LogP contribution in [0.1, 0.15) is 18.2 Å². The highest BCUT2D eigenvalue weighted by Gasteiger charge is 2.18. The first-order chi connectivity index (χ1) is 11.3. The average Bonchev–Trinajstić information content (AvgIpc) is 3.27. The van der Waals surface area contributed by atoms with Crippen molar-refractivity contribution >= 4 is 23.0 Å². The number of methoxy groups -OCH3 is 1. The van der Waals surface area contributed by atoms with E-state index in [9.17, 15) is 0 Å². The second-order valence-corrected chi connectivity index (χ2v) is 5.52. The average molecular weight is 303 g/mol. The third-order valence-corrected chi connectivity index (χ3v) is 4.08. The summed E-state index contributed by atoms with van der Waals surface area (Å²) in [6.45, 7) is 2.03. The van der Waals surface area contributed by atoms with E-state index >= 15 is 0 Å². The number of aromatic amines is 2. The third-order valence-electron chi connectivity index (χ3n) is 4.08. The third kappa shape index (κ3) is 2.28. The molecule has 1 aliphatic heterocycles. The molecule has 2 N–H and O–H groups in total. The van der Waals surface area contributed by atoms with Crippen LogP contribution in [0.25, 0.3) is 23.0 Å². The van der Waals surface area contributed by atoms with E-state index in [0.717, 1.165) is 45.4 Å². The van der Waals surface area contributed by atoms with Crippen molar-refractivity contribution in [2.24, 2.45) is 4.99 Å². The van der Waals surface area contributed by atoms with Gasteiger partial charge < -0.3 is 14.7 Å². The van der Waals surface area contributed by atoms with Crippen LogP contribution in [0.2, 0.25) is 0 Å². The minimum atomic E-state index is 0.819. The Kier molecular flexibility index (Phi) is 3.15. The number of H-pyrrole nitrogens is 2. The molecule has 3 heterocycles. The molecule has 1 aliphatic rings. The summed E-state index contributed by atoms with van der Waals surface area (Å²) in [4.78, 5) is 11.3. The summed E-state index contributed by atoms with van der Waals surface area (Å²) in [5.41, 5.74) is 7.29. The van der Waals surface area contributed by atoms with E-state index in [2.05, 4.69) is 27.1 Å². The summed E-state index contributed by atoms with van der Waals surface area (Å²) >= 11 is 0. The van der Waals surface area contributed by atoms with Gasteiger partial charge in [0.25, 0.3) is 0 Å². The number of ether oxygens (including phenoxy) is 1. The largest absolute Gasteiger partial charge is 0.494 e. The fraction of sp³-hybridized carbons (Fsp3) is 0.105. The Morgan fingerprint density at radius 1 is 1.09 bits per heavy atom. The molecule has 0 spiro atoms. The zero-order valence-electron chi connectivity index (χ0n) is 13.1. The number of nitrogens with one attached hydrogen (secondary N) is 2. The zero-order valence-corrected chi connectivity index (χ0v) is 13.1. The van der Waals surface area contributed by atoms with E-state index in [1.807, 2.05) is 49.5 Å². The molecule has 4 nitrogen and oxygen atoms in total. The molecule has 114 valence electrons. The first-order valence-corrected chi connectivity index (χ1v) is 7.54. The van der Waals surface area contributed by atoms with Crippen molar-refractivity contribution in [3.8, 4) is 17.1 Å². The first kappa shape index (κ1) is 13.6. The highest BCUT2D eigenvalue weighted by Crippen LogP contribution is 2.37. The lowest BCUT2D eigenvalue weighted by Gasteiger charge is -2.02. The molecule has 0 bridgehead atoms. The predicted octanol–water partition coefficient (Wildman–Crippen LogP) is 4.67. The zero-order chi connectivity index (χ0) is 15.8. The van der Waals surface area contributed by atoms with Crippen LogP contribution >= 0.6 is 0 Å². The summed E-state index contributed by atoms with van der Waals surface area (Å²) in [5.74, 6) is 0.819. The van der Waals surface area contributed by atoms with Crippen molar-refractivity contribution < 1.29 is 4.74 Å². The maximum atomic E-state index is 5.53. The van der Waals surface area contributed by atoms with Gasteiger partial charge >= 0.3 is 0 Å². The molecule has 0 fully saturated rings. The van der Waals surface area contributed by atoms with Crippen LogP contribution in [-0.4, -0.2) is 22.8 Å². The molecular weight excluding hydrogens is 286 g/mol. The quantitative estimate of drug-likeness (QED) is 0.726. The Hall–Kier alpha value is -3.01. The molecule has 0 radical (unpaired) electrons. The van der Waals surface area contributed by atoms with Crippen LogP contribution in [0.5, 0.6) is 5.75 Å². The Bertz CT molecular complexity index is 914. The van der Waals surface area contributed by atoms with E-state index in [-0.39, 0.29) is 0 Å². The number of aliphatic imine (C=N–C) groups is 1. The molecule has 4 heteroatoms. The number of allylic oxidation sites excluding steroid dienone is 1. The van der Waals surface area contributed by atoms with Gasteiger partial charge in [-0.3, -0.25) is 4.99 Å². The van der Waals surface area contributed by atoms with Crippen LogP contribution in [0.3, 0.4) is 0 Å². The van der Waals surface area contributed by atoms with Gasteiger partial charge in [0.05, 0.1) is 29.9 Å². The molecule has 0 atom stereocenters. The van der Waals surface area contributed by atoms with Crippen LogP contribution in [0.15, 0.2) is 53.7 Å². The number of para-hydroxylation sites is 1. The van der Waals surface area contributed by atoms with Gasteiger partial charge in [-0.2, -0.15) is 0 Å². The highest BCUT2D eigenvalue weighted by atomic mass is 16.5. The van der Waals surface area contributed by atoms with Crippen LogP contribution in [0, 0.1) is 0 Å². The lowest BCUT2D eigenvalue weighted by molar-refractivity contribution is 0.414. The van der Waals surface area contributed by atoms with Gasteiger partial charge in [-0.25, -0.2) is 0 Å². The minimum absolute atomic E-state index is 0.819. The molecule has 2 aromatic heterocycles. The Labute approximate surface area is 134 Å². The number of hydrogen-bond donors (Lipinski definition) is 2. The van der Waals surface area contributed by atoms with E-state index in [0.29, 0.717) is 0 Å². The summed E-state index contributed by atoms with van der Waals surface area (Å²) in [5, 5.41) is 0. The predicted molar refractivity (Wildman–Crippen MR) is 94.2 cm³/mol. The molecular formula is C19H17N3O. The number of rotatable bonds is 3. The lowest BCUT2D eigenvalue weighted by atomic mass is 10.0. The molecule has 0 unspecified atom stereocenters. The molecule has 1 aromatic carbocycles. The smallest absolute Gasteiger partial charge is 0.144 e. The van der Waals surface area contributed by atoms with E-state index in [1.165, 1.54) is 0 Å². The number of aromatic nitrogens is 2. The molecule has 0 aliphatic carbocycles. The molecule has 23 heavy (non-hydrogen) atoms. The summed E-state index contributed by atoms with van der Waals surface area (Å²) < 4.78 is 5.53. The second-order valence-electron chi connectivity index (χ2n) is 5.52. The van der Waals surface area contributed by atoms with Crippen molar-refractivity contribution in [1.82, 2.24) is 9.97 Å². The normalized spacial score (nSPS) is 14.9. The van der Waals surface area contributed by atoms with E-state index in [1.54, 1.807) is 7.11 Å². The Balaban J connectivity index is 1.81. The van der Waals surface area contributed by atoms with Gasteiger partial charge in [0.2, 0.25) is 0 Å². The Morgan fingerprint density at radius 2 is 1.96 bits per heavy atom. The second kappa shape index (κ2) is 5.32. The molecule has 4 rings (SSSR count). The van der Waals surface area contributed by atoms with Gasteiger partial charge in [-0.05, 0) is 31.2 Å². The fourth-order valence-corrected chi connectivity index (χ4v) is 2.93. The van der Waals surface area contributed by atoms with Crippen molar-refractivity contribution in [1.29, 1.82) is 0 Å². The molecule has 0 amide bonds. The Morgan fingerprint density at radius 3 is 2.74 bits per heavy atom. The minimum Gasteiger partial charge on any atom is -0.494 e. The van der Waals surface area contributed by atoms with Gasteiger partial charge in [-0.15, -0.1) is 0 Å². The van der Waals surface area contributed by atoms with Crippen LogP contribution in [0.4, 0.5) is 5.69 Å². The highest BCUT2D eigenvalue weighted by molar-refractivity contribution is 6.31. The van der Waals surface area contributed by atoms with E-state index < -0.39 is 0 Å². The number of nitrogens with zero attached hydrogens (tertiary/aromatic N) is 1. The van der Waals surface area contributed by atoms with Crippen molar-refractivity contribution in [2.75, 3.05) is 7.11 Å². The fourth-order valence-electron chi connectivity index (χ4n) is 2.93. The summed E-state index contributed by atoms with van der Waals surface area (Å²) in [7, 11) is 1.69. The van der Waals surface area contributed by atoms with E-state index in [4.69, 9.17) is 4.74 Å². The van der Waals surface area contributed by atoms with Crippen LogP contribution < -0.4 is 4.74 Å².